The number of anilines is 1. The van der Waals surface area contributed by atoms with Crippen molar-refractivity contribution >= 4 is 5.69 Å². The zero-order valence-corrected chi connectivity index (χ0v) is 9.92. The van der Waals surface area contributed by atoms with Crippen LogP contribution in [0.1, 0.15) is 43.8 Å². The highest BCUT2D eigenvalue weighted by Crippen LogP contribution is 2.33. The van der Waals surface area contributed by atoms with E-state index in [-0.39, 0.29) is 5.92 Å². The molecule has 1 aliphatic rings. The van der Waals surface area contributed by atoms with Crippen LogP contribution >= 0.6 is 0 Å². The van der Waals surface area contributed by atoms with Gasteiger partial charge in [0.15, 0.2) is 0 Å². The third-order valence-electron chi connectivity index (χ3n) is 3.66. The van der Waals surface area contributed by atoms with Gasteiger partial charge in [-0.1, -0.05) is 19.3 Å². The Labute approximate surface area is 101 Å². The van der Waals surface area contributed by atoms with Gasteiger partial charge in [0.1, 0.15) is 6.10 Å². The Kier molecular flexibility index (Phi) is 3.97. The van der Waals surface area contributed by atoms with Gasteiger partial charge in [-0.3, -0.25) is 4.98 Å². The summed E-state index contributed by atoms with van der Waals surface area (Å²) in [6, 6.07) is 1.64. The van der Waals surface area contributed by atoms with Crippen molar-refractivity contribution in [3.8, 4) is 0 Å². The average Bonchev–Trinajstić information content (AvgIpc) is 2.39. The Morgan fingerprint density at radius 2 is 1.94 bits per heavy atom. The lowest BCUT2D eigenvalue weighted by atomic mass is 9.82. The van der Waals surface area contributed by atoms with Crippen LogP contribution in [0, 0.1) is 5.92 Å². The summed E-state index contributed by atoms with van der Waals surface area (Å²) in [5.41, 5.74) is 6.80. The second-order valence-corrected chi connectivity index (χ2v) is 4.84. The predicted octanol–water partition coefficient (Wildman–Crippen LogP) is 1.64. The molecule has 94 valence electrons. The van der Waals surface area contributed by atoms with E-state index in [1.807, 2.05) is 0 Å². The Morgan fingerprint density at radius 3 is 2.59 bits per heavy atom. The van der Waals surface area contributed by atoms with E-state index in [1.54, 1.807) is 12.3 Å². The molecule has 4 nitrogen and oxygen atoms in total. The first kappa shape index (κ1) is 12.3. The van der Waals surface area contributed by atoms with Crippen molar-refractivity contribution in [3.05, 3.63) is 24.0 Å². The molecule has 0 bridgehead atoms. The molecule has 1 heterocycles. The van der Waals surface area contributed by atoms with E-state index < -0.39 is 12.2 Å². The summed E-state index contributed by atoms with van der Waals surface area (Å²) in [6.45, 7) is 0. The monoisotopic (exact) mass is 236 g/mol. The minimum atomic E-state index is -0.924. The Balaban J connectivity index is 2.08. The molecule has 0 amide bonds. The van der Waals surface area contributed by atoms with Crippen LogP contribution in [0.25, 0.3) is 0 Å². The fourth-order valence-electron chi connectivity index (χ4n) is 2.58. The van der Waals surface area contributed by atoms with E-state index >= 15 is 0 Å². The van der Waals surface area contributed by atoms with Crippen LogP contribution in [0.4, 0.5) is 5.69 Å². The van der Waals surface area contributed by atoms with Crippen LogP contribution in [0.5, 0.6) is 0 Å². The normalized spacial score (nSPS) is 21.1. The minimum absolute atomic E-state index is 0.179. The van der Waals surface area contributed by atoms with Gasteiger partial charge < -0.3 is 15.9 Å². The maximum Gasteiger partial charge on any atom is 0.109 e. The summed E-state index contributed by atoms with van der Waals surface area (Å²) in [4.78, 5) is 3.94. The number of rotatable bonds is 3. The Hall–Kier alpha value is -1.13. The highest BCUT2D eigenvalue weighted by Gasteiger charge is 2.29. The van der Waals surface area contributed by atoms with Gasteiger partial charge in [0.25, 0.3) is 0 Å². The molecule has 1 aromatic rings. The molecule has 0 saturated heterocycles. The van der Waals surface area contributed by atoms with Gasteiger partial charge in [-0.2, -0.15) is 0 Å². The fraction of sp³-hybridized carbons (Fsp3) is 0.615. The van der Waals surface area contributed by atoms with Crippen molar-refractivity contribution in [2.75, 3.05) is 5.73 Å². The number of pyridine rings is 1. The third-order valence-corrected chi connectivity index (χ3v) is 3.66. The average molecular weight is 236 g/mol. The summed E-state index contributed by atoms with van der Waals surface area (Å²) in [5, 5.41) is 20.3. The van der Waals surface area contributed by atoms with Crippen molar-refractivity contribution in [3.63, 3.8) is 0 Å². The number of aliphatic hydroxyl groups excluding tert-OH is 2. The summed E-state index contributed by atoms with van der Waals surface area (Å²) in [7, 11) is 0. The van der Waals surface area contributed by atoms with Crippen molar-refractivity contribution in [2.45, 2.75) is 44.3 Å². The molecule has 1 fully saturated rings. The Morgan fingerprint density at radius 1 is 1.24 bits per heavy atom. The number of hydrogen-bond acceptors (Lipinski definition) is 4. The number of aliphatic hydroxyl groups is 2. The van der Waals surface area contributed by atoms with E-state index in [2.05, 4.69) is 4.98 Å². The summed E-state index contributed by atoms with van der Waals surface area (Å²) in [6.07, 6.45) is 6.93. The van der Waals surface area contributed by atoms with Crippen LogP contribution in [-0.2, 0) is 0 Å². The number of nitrogens with zero attached hydrogens (tertiary/aromatic N) is 1. The van der Waals surface area contributed by atoms with Crippen LogP contribution in [-0.4, -0.2) is 21.3 Å². The Bertz CT molecular complexity index is 364. The zero-order valence-electron chi connectivity index (χ0n) is 9.92. The lowest BCUT2D eigenvalue weighted by Crippen LogP contribution is -2.29. The van der Waals surface area contributed by atoms with Crippen LogP contribution in [0.3, 0.4) is 0 Å². The SMILES string of the molecule is Nc1ccncc1C(O)C(O)C1CCCCC1. The predicted molar refractivity (Wildman–Crippen MR) is 66.2 cm³/mol. The molecule has 2 rings (SSSR count). The quantitative estimate of drug-likeness (QED) is 0.745. The van der Waals surface area contributed by atoms with E-state index in [0.717, 1.165) is 25.7 Å². The lowest BCUT2D eigenvalue weighted by Gasteiger charge is -2.30. The number of nitrogen functional groups attached to an aromatic ring is 1. The first-order valence-electron chi connectivity index (χ1n) is 6.25. The summed E-state index contributed by atoms with van der Waals surface area (Å²) >= 11 is 0. The topological polar surface area (TPSA) is 79.4 Å². The van der Waals surface area contributed by atoms with E-state index in [1.165, 1.54) is 12.6 Å². The van der Waals surface area contributed by atoms with E-state index in [9.17, 15) is 10.2 Å². The third kappa shape index (κ3) is 2.76. The van der Waals surface area contributed by atoms with Crippen LogP contribution in [0.2, 0.25) is 0 Å². The number of aromatic nitrogens is 1. The molecule has 2 unspecified atom stereocenters. The molecule has 0 aromatic carbocycles. The van der Waals surface area contributed by atoms with Crippen LogP contribution in [0.15, 0.2) is 18.5 Å². The van der Waals surface area contributed by atoms with Gasteiger partial charge in [0, 0.05) is 23.6 Å². The summed E-state index contributed by atoms with van der Waals surface area (Å²) in [5.74, 6) is 0.179. The number of nitrogens with two attached hydrogens (primary N) is 1. The van der Waals surface area contributed by atoms with Gasteiger partial charge in [-0.15, -0.1) is 0 Å². The minimum Gasteiger partial charge on any atom is -0.398 e. The fourth-order valence-corrected chi connectivity index (χ4v) is 2.58. The van der Waals surface area contributed by atoms with Crippen molar-refractivity contribution < 1.29 is 10.2 Å². The molecule has 17 heavy (non-hydrogen) atoms. The highest BCUT2D eigenvalue weighted by atomic mass is 16.3. The van der Waals surface area contributed by atoms with E-state index in [4.69, 9.17) is 5.73 Å². The van der Waals surface area contributed by atoms with Gasteiger partial charge in [0.05, 0.1) is 6.10 Å². The molecular formula is C13H20N2O2. The van der Waals surface area contributed by atoms with Gasteiger partial charge >= 0.3 is 0 Å². The zero-order chi connectivity index (χ0) is 12.3. The lowest BCUT2D eigenvalue weighted by molar-refractivity contribution is -0.0283. The molecule has 0 radical (unpaired) electrons. The molecule has 4 heteroatoms. The molecule has 0 spiro atoms. The van der Waals surface area contributed by atoms with Crippen LogP contribution < -0.4 is 5.73 Å². The molecule has 1 aliphatic carbocycles. The molecule has 2 atom stereocenters. The van der Waals surface area contributed by atoms with Gasteiger partial charge in [-0.05, 0) is 24.8 Å². The maximum absolute atomic E-state index is 10.2. The molecule has 0 aliphatic heterocycles. The maximum atomic E-state index is 10.2. The van der Waals surface area contributed by atoms with Crippen molar-refractivity contribution in [1.29, 1.82) is 0 Å². The van der Waals surface area contributed by atoms with Gasteiger partial charge in [-0.25, -0.2) is 0 Å². The summed E-state index contributed by atoms with van der Waals surface area (Å²) < 4.78 is 0. The van der Waals surface area contributed by atoms with Gasteiger partial charge in [0.2, 0.25) is 0 Å². The molecular weight excluding hydrogens is 216 g/mol. The largest absolute Gasteiger partial charge is 0.398 e. The smallest absolute Gasteiger partial charge is 0.109 e. The standard InChI is InChI=1S/C13H20N2O2/c14-11-6-7-15-8-10(11)13(17)12(16)9-4-2-1-3-5-9/h6-9,12-13,16-17H,1-5H2,(H2,14,15). The first-order chi connectivity index (χ1) is 8.20. The second kappa shape index (κ2) is 5.47. The van der Waals surface area contributed by atoms with Crippen molar-refractivity contribution in [2.24, 2.45) is 5.92 Å². The number of hydrogen-bond donors (Lipinski definition) is 3. The molecule has 1 saturated carbocycles. The van der Waals surface area contributed by atoms with Crippen molar-refractivity contribution in [1.82, 2.24) is 4.98 Å². The molecule has 4 N–H and O–H groups in total. The first-order valence-corrected chi connectivity index (χ1v) is 6.25. The van der Waals surface area contributed by atoms with E-state index in [0.29, 0.717) is 11.3 Å². The second-order valence-electron chi connectivity index (χ2n) is 4.84. The highest BCUT2D eigenvalue weighted by molar-refractivity contribution is 5.45. The molecule has 1 aromatic heterocycles.